The monoisotopic (exact) mass is 448 g/mol. The highest BCUT2D eigenvalue weighted by molar-refractivity contribution is 5.94. The van der Waals surface area contributed by atoms with Gasteiger partial charge in [0.1, 0.15) is 11.9 Å². The Morgan fingerprint density at radius 2 is 2.03 bits per heavy atom. The Bertz CT molecular complexity index is 1230. The largest absolute Gasteiger partial charge is 0.493 e. The summed E-state index contributed by atoms with van der Waals surface area (Å²) in [4.78, 5) is 21.5. The zero-order valence-electron chi connectivity index (χ0n) is 18.8. The van der Waals surface area contributed by atoms with Gasteiger partial charge in [-0.3, -0.25) is 9.69 Å². The number of amides is 1. The van der Waals surface area contributed by atoms with Crippen LogP contribution in [0.15, 0.2) is 36.7 Å². The molecule has 9 heteroatoms. The first kappa shape index (κ1) is 22.4. The summed E-state index contributed by atoms with van der Waals surface area (Å²) in [7, 11) is 0. The summed E-state index contributed by atoms with van der Waals surface area (Å²) in [6, 6.07) is 8.14. The van der Waals surface area contributed by atoms with Gasteiger partial charge in [-0.15, -0.1) is 0 Å². The maximum Gasteiger partial charge on any atom is 0.255 e. The van der Waals surface area contributed by atoms with Gasteiger partial charge in [-0.05, 0) is 49.7 Å². The lowest BCUT2D eigenvalue weighted by molar-refractivity contribution is 0.0499. The van der Waals surface area contributed by atoms with Crippen LogP contribution in [0.1, 0.15) is 35.3 Å². The quantitative estimate of drug-likeness (QED) is 0.659. The maximum atomic E-state index is 14.4. The summed E-state index contributed by atoms with van der Waals surface area (Å²) < 4.78 is 15.6. The van der Waals surface area contributed by atoms with Crippen LogP contribution in [-0.2, 0) is 0 Å². The molecule has 1 unspecified atom stereocenters. The number of hydrogen-bond donors (Lipinski definition) is 1. The molecule has 1 aliphatic rings. The Morgan fingerprint density at radius 3 is 2.67 bits per heavy atom. The Hall–Kier alpha value is -3.77. The minimum absolute atomic E-state index is 0.0597. The number of nitriles is 1. The van der Waals surface area contributed by atoms with E-state index >= 15 is 0 Å². The first-order valence-electron chi connectivity index (χ1n) is 10.8. The molecule has 3 aromatic rings. The van der Waals surface area contributed by atoms with Crippen LogP contribution >= 0.6 is 0 Å². The highest BCUT2D eigenvalue weighted by atomic mass is 19.1. The van der Waals surface area contributed by atoms with E-state index in [4.69, 9.17) is 5.26 Å². The van der Waals surface area contributed by atoms with Gasteiger partial charge in [-0.25, -0.2) is 9.37 Å². The summed E-state index contributed by atoms with van der Waals surface area (Å²) in [5.74, 6) is -0.590. The van der Waals surface area contributed by atoms with Crippen LogP contribution in [-0.4, -0.2) is 67.8 Å². The molecule has 0 spiro atoms. The highest BCUT2D eigenvalue weighted by Gasteiger charge is 2.27. The standard InChI is InChI=1S/C24H25FN6O2/c1-4-29-9-10-30(15(2)14-29)23(32)18-6-8-21(27-12-18)31-24(33)20(13-28-31)19-7-5-17(11-26)22(25)16(19)3/h5-8,12-13,15,33H,4,9-10,14H2,1-3H3. The molecule has 0 saturated carbocycles. The van der Waals surface area contributed by atoms with Crippen molar-refractivity contribution in [3.8, 4) is 28.9 Å². The molecular weight excluding hydrogens is 423 g/mol. The molecule has 0 radical (unpaired) electrons. The van der Waals surface area contributed by atoms with Crippen LogP contribution in [0.2, 0.25) is 0 Å². The molecule has 1 aliphatic heterocycles. The molecule has 1 amide bonds. The summed E-state index contributed by atoms with van der Waals surface area (Å²) in [5, 5.41) is 23.9. The second kappa shape index (κ2) is 9.00. The number of halogens is 1. The molecule has 1 aromatic carbocycles. The Labute approximate surface area is 191 Å². The predicted octanol–water partition coefficient (Wildman–Crippen LogP) is 3.13. The van der Waals surface area contributed by atoms with Crippen LogP contribution in [0.4, 0.5) is 4.39 Å². The Morgan fingerprint density at radius 1 is 1.24 bits per heavy atom. The SMILES string of the molecule is CCN1CCN(C(=O)c2ccc(-n3ncc(-c4ccc(C#N)c(F)c4C)c3O)nc2)C(C)C1. The summed E-state index contributed by atoms with van der Waals surface area (Å²) in [6.45, 7) is 9.01. The molecule has 8 nitrogen and oxygen atoms in total. The van der Waals surface area contributed by atoms with Crippen molar-refractivity contribution in [1.29, 1.82) is 5.26 Å². The van der Waals surface area contributed by atoms with Crippen molar-refractivity contribution >= 4 is 5.91 Å². The van der Waals surface area contributed by atoms with Crippen molar-refractivity contribution < 1.29 is 14.3 Å². The van der Waals surface area contributed by atoms with Crippen molar-refractivity contribution in [2.24, 2.45) is 0 Å². The van der Waals surface area contributed by atoms with Crippen molar-refractivity contribution in [3.63, 3.8) is 0 Å². The summed E-state index contributed by atoms with van der Waals surface area (Å²) in [6.07, 6.45) is 2.89. The van der Waals surface area contributed by atoms with E-state index < -0.39 is 5.82 Å². The van der Waals surface area contributed by atoms with Crippen LogP contribution in [0.5, 0.6) is 5.88 Å². The van der Waals surface area contributed by atoms with E-state index in [0.717, 1.165) is 19.6 Å². The number of benzene rings is 1. The van der Waals surface area contributed by atoms with Crippen molar-refractivity contribution in [1.82, 2.24) is 24.6 Å². The van der Waals surface area contributed by atoms with E-state index in [0.29, 0.717) is 29.1 Å². The van der Waals surface area contributed by atoms with Crippen LogP contribution in [0.25, 0.3) is 16.9 Å². The van der Waals surface area contributed by atoms with Gasteiger partial charge in [-0.1, -0.05) is 13.0 Å². The van der Waals surface area contributed by atoms with Gasteiger partial charge in [-0.2, -0.15) is 15.0 Å². The Kier molecular flexibility index (Phi) is 6.11. The topological polar surface area (TPSA) is 98.3 Å². The smallest absolute Gasteiger partial charge is 0.255 e. The average Bonchev–Trinajstić information content (AvgIpc) is 3.21. The third-order valence-corrected chi connectivity index (χ3v) is 6.17. The molecule has 1 N–H and O–H groups in total. The number of pyridine rings is 1. The fourth-order valence-electron chi connectivity index (χ4n) is 4.19. The van der Waals surface area contributed by atoms with Crippen molar-refractivity contribution in [2.45, 2.75) is 26.8 Å². The number of piperazine rings is 1. The van der Waals surface area contributed by atoms with Gasteiger partial charge >= 0.3 is 0 Å². The molecule has 33 heavy (non-hydrogen) atoms. The van der Waals surface area contributed by atoms with E-state index in [2.05, 4.69) is 21.9 Å². The van der Waals surface area contributed by atoms with E-state index in [1.807, 2.05) is 11.8 Å². The zero-order valence-corrected chi connectivity index (χ0v) is 18.8. The minimum atomic E-state index is -0.628. The molecule has 1 atom stereocenters. The molecule has 4 rings (SSSR count). The van der Waals surface area contributed by atoms with Crippen molar-refractivity contribution in [2.75, 3.05) is 26.2 Å². The molecule has 170 valence electrons. The first-order chi connectivity index (χ1) is 15.8. The van der Waals surface area contributed by atoms with Gasteiger partial charge < -0.3 is 10.0 Å². The number of nitrogens with zero attached hydrogens (tertiary/aromatic N) is 6. The zero-order chi connectivity index (χ0) is 23.7. The fraction of sp³-hybridized carbons (Fsp3) is 0.333. The van der Waals surface area contributed by atoms with E-state index in [1.165, 1.54) is 23.1 Å². The number of aromatic hydroxyl groups is 1. The normalized spacial score (nSPS) is 16.6. The molecule has 1 fully saturated rings. The number of likely N-dealkylation sites (N-methyl/N-ethyl adjacent to an activating group) is 1. The van der Waals surface area contributed by atoms with Gasteiger partial charge in [0, 0.05) is 31.9 Å². The third-order valence-electron chi connectivity index (χ3n) is 6.17. The molecule has 1 saturated heterocycles. The molecule has 3 heterocycles. The lowest BCUT2D eigenvalue weighted by Gasteiger charge is -2.39. The van der Waals surface area contributed by atoms with Crippen LogP contribution in [0, 0.1) is 24.1 Å². The van der Waals surface area contributed by atoms with E-state index in [1.54, 1.807) is 31.2 Å². The predicted molar refractivity (Wildman–Crippen MR) is 120 cm³/mol. The minimum Gasteiger partial charge on any atom is -0.493 e. The van der Waals surface area contributed by atoms with Crippen LogP contribution in [0.3, 0.4) is 0 Å². The second-order valence-electron chi connectivity index (χ2n) is 8.15. The number of aromatic nitrogens is 3. The van der Waals surface area contributed by atoms with Crippen LogP contribution < -0.4 is 0 Å². The average molecular weight is 449 g/mol. The van der Waals surface area contributed by atoms with E-state index in [-0.39, 0.29) is 29.0 Å². The van der Waals surface area contributed by atoms with Gasteiger partial charge in [0.15, 0.2) is 5.82 Å². The van der Waals surface area contributed by atoms with Gasteiger partial charge in [0.2, 0.25) is 5.88 Å². The third kappa shape index (κ3) is 4.05. The number of carbonyl (C=O) groups excluding carboxylic acids is 1. The Balaban J connectivity index is 1.57. The molecular formula is C24H25FN6O2. The number of rotatable bonds is 4. The van der Waals surface area contributed by atoms with Gasteiger partial charge in [0.05, 0.1) is 22.9 Å². The van der Waals surface area contributed by atoms with Crippen molar-refractivity contribution in [3.05, 3.63) is 59.2 Å². The molecule has 0 aliphatic carbocycles. The molecule has 0 bridgehead atoms. The highest BCUT2D eigenvalue weighted by Crippen LogP contribution is 2.34. The van der Waals surface area contributed by atoms with Gasteiger partial charge in [0.25, 0.3) is 5.91 Å². The number of hydrogen-bond acceptors (Lipinski definition) is 6. The fourth-order valence-corrected chi connectivity index (χ4v) is 4.19. The lowest BCUT2D eigenvalue weighted by atomic mass is 10.00. The lowest BCUT2D eigenvalue weighted by Crippen LogP contribution is -2.53. The maximum absolute atomic E-state index is 14.4. The van der Waals surface area contributed by atoms with E-state index in [9.17, 15) is 14.3 Å². The first-order valence-corrected chi connectivity index (χ1v) is 10.8. The summed E-state index contributed by atoms with van der Waals surface area (Å²) >= 11 is 0. The number of carbonyl (C=O) groups is 1. The second-order valence-corrected chi connectivity index (χ2v) is 8.15. The molecule has 2 aromatic heterocycles. The summed E-state index contributed by atoms with van der Waals surface area (Å²) in [5.41, 5.74) is 1.40.